The maximum atomic E-state index is 12.4. The molecule has 1 fully saturated rings. The van der Waals surface area contributed by atoms with E-state index in [1.807, 2.05) is 0 Å². The number of amides is 1. The molecule has 0 bridgehead atoms. The van der Waals surface area contributed by atoms with E-state index >= 15 is 0 Å². The summed E-state index contributed by atoms with van der Waals surface area (Å²) in [6, 6.07) is 13.2. The maximum Gasteiger partial charge on any atom is 0.251 e. The third kappa shape index (κ3) is 4.35. The predicted molar refractivity (Wildman–Crippen MR) is 92.4 cm³/mol. The van der Waals surface area contributed by atoms with Gasteiger partial charge in [-0.15, -0.1) is 0 Å². The molecule has 3 rings (SSSR count). The lowest BCUT2D eigenvalue weighted by Crippen LogP contribution is -2.26. The summed E-state index contributed by atoms with van der Waals surface area (Å²) in [5.74, 6) is -0.243. The number of sulfonamides is 1. The number of carbonyl (C=O) groups excluding carboxylic acids is 1. The lowest BCUT2D eigenvalue weighted by Gasteiger charge is -2.09. The van der Waals surface area contributed by atoms with Gasteiger partial charge in [0.15, 0.2) is 0 Å². The molecule has 7 heteroatoms. The van der Waals surface area contributed by atoms with Crippen LogP contribution in [-0.2, 0) is 16.6 Å². The van der Waals surface area contributed by atoms with Crippen molar-refractivity contribution in [1.82, 2.24) is 10.0 Å². The van der Waals surface area contributed by atoms with E-state index in [9.17, 15) is 13.2 Å². The Labute approximate surface area is 146 Å². The molecule has 1 aliphatic rings. The molecule has 1 saturated carbocycles. The molecule has 126 valence electrons. The van der Waals surface area contributed by atoms with Crippen molar-refractivity contribution < 1.29 is 13.2 Å². The van der Waals surface area contributed by atoms with Gasteiger partial charge in [-0.1, -0.05) is 29.8 Å². The number of nitrogens with one attached hydrogen (secondary N) is 2. The molecule has 0 aliphatic heterocycles. The Morgan fingerprint density at radius 2 is 1.83 bits per heavy atom. The third-order valence-electron chi connectivity index (χ3n) is 3.70. The van der Waals surface area contributed by atoms with Crippen molar-refractivity contribution in [2.24, 2.45) is 0 Å². The molecule has 2 aromatic rings. The van der Waals surface area contributed by atoms with Gasteiger partial charge in [-0.25, -0.2) is 13.1 Å². The summed E-state index contributed by atoms with van der Waals surface area (Å²) < 4.78 is 27.4. The third-order valence-corrected chi connectivity index (χ3v) is 5.35. The fourth-order valence-corrected chi connectivity index (χ4v) is 3.35. The highest BCUT2D eigenvalue weighted by Gasteiger charge is 2.24. The Hall–Kier alpha value is -1.89. The molecule has 0 saturated heterocycles. The summed E-state index contributed by atoms with van der Waals surface area (Å²) in [6.45, 7) is 0.151. The quantitative estimate of drug-likeness (QED) is 0.827. The second-order valence-corrected chi connectivity index (χ2v) is 7.93. The largest absolute Gasteiger partial charge is 0.349 e. The summed E-state index contributed by atoms with van der Waals surface area (Å²) in [4.78, 5) is 12.1. The van der Waals surface area contributed by atoms with Gasteiger partial charge < -0.3 is 5.32 Å². The van der Waals surface area contributed by atoms with E-state index in [1.54, 1.807) is 36.4 Å². The molecule has 24 heavy (non-hydrogen) atoms. The Morgan fingerprint density at radius 1 is 1.12 bits per heavy atom. The van der Waals surface area contributed by atoms with Crippen molar-refractivity contribution >= 4 is 27.5 Å². The highest BCUT2D eigenvalue weighted by Crippen LogP contribution is 2.20. The molecule has 0 radical (unpaired) electrons. The molecule has 1 amide bonds. The molecule has 0 aromatic heterocycles. The lowest BCUT2D eigenvalue weighted by molar-refractivity contribution is 0.0951. The smallest absolute Gasteiger partial charge is 0.251 e. The Balaban J connectivity index is 1.71. The number of carbonyl (C=O) groups is 1. The standard InChI is InChI=1S/C17H17ClN2O3S/c18-14-6-4-12(5-7-14)11-19-24(22,23)16-3-1-2-13(10-16)17(21)20-15-8-9-15/h1-7,10,15,19H,8-9,11H2,(H,20,21). The minimum atomic E-state index is -3.70. The van der Waals surface area contributed by atoms with E-state index in [-0.39, 0.29) is 23.4 Å². The first-order valence-corrected chi connectivity index (χ1v) is 9.45. The van der Waals surface area contributed by atoms with E-state index in [1.165, 1.54) is 12.1 Å². The van der Waals surface area contributed by atoms with E-state index < -0.39 is 10.0 Å². The molecule has 0 heterocycles. The van der Waals surface area contributed by atoms with Gasteiger partial charge in [0.05, 0.1) is 4.90 Å². The fraction of sp³-hybridized carbons (Fsp3) is 0.235. The summed E-state index contributed by atoms with van der Waals surface area (Å²) in [5.41, 5.74) is 1.14. The maximum absolute atomic E-state index is 12.4. The average molecular weight is 365 g/mol. The minimum Gasteiger partial charge on any atom is -0.349 e. The molecule has 0 spiro atoms. The highest BCUT2D eigenvalue weighted by molar-refractivity contribution is 7.89. The van der Waals surface area contributed by atoms with Crippen LogP contribution in [-0.4, -0.2) is 20.4 Å². The van der Waals surface area contributed by atoms with Gasteiger partial charge in [0, 0.05) is 23.2 Å². The van der Waals surface area contributed by atoms with Crippen LogP contribution in [0.1, 0.15) is 28.8 Å². The monoisotopic (exact) mass is 364 g/mol. The zero-order valence-corrected chi connectivity index (χ0v) is 14.4. The molecule has 2 N–H and O–H groups in total. The van der Waals surface area contributed by atoms with E-state index in [2.05, 4.69) is 10.0 Å². The number of hydrogen-bond acceptors (Lipinski definition) is 3. The molecule has 2 aromatic carbocycles. The van der Waals surface area contributed by atoms with Crippen LogP contribution in [0.5, 0.6) is 0 Å². The molecule has 0 atom stereocenters. The Kier molecular flexibility index (Phi) is 4.89. The molecule has 1 aliphatic carbocycles. The number of rotatable bonds is 6. The fourth-order valence-electron chi connectivity index (χ4n) is 2.16. The minimum absolute atomic E-state index is 0.0694. The number of benzene rings is 2. The van der Waals surface area contributed by atoms with Crippen molar-refractivity contribution in [3.63, 3.8) is 0 Å². The zero-order chi connectivity index (χ0) is 17.2. The summed E-state index contributed by atoms with van der Waals surface area (Å²) in [7, 11) is -3.70. The van der Waals surface area contributed by atoms with Gasteiger partial charge in [-0.05, 0) is 48.7 Å². The molecular weight excluding hydrogens is 348 g/mol. The SMILES string of the molecule is O=C(NC1CC1)c1cccc(S(=O)(=O)NCc2ccc(Cl)cc2)c1. The summed E-state index contributed by atoms with van der Waals surface area (Å²) in [5, 5.41) is 3.44. The summed E-state index contributed by atoms with van der Waals surface area (Å²) >= 11 is 5.81. The van der Waals surface area contributed by atoms with Crippen LogP contribution in [0.15, 0.2) is 53.4 Å². The topological polar surface area (TPSA) is 75.3 Å². The first-order valence-electron chi connectivity index (χ1n) is 7.59. The lowest BCUT2D eigenvalue weighted by atomic mass is 10.2. The zero-order valence-electron chi connectivity index (χ0n) is 12.8. The van der Waals surface area contributed by atoms with E-state index in [0.29, 0.717) is 10.6 Å². The average Bonchev–Trinajstić information content (AvgIpc) is 3.38. The van der Waals surface area contributed by atoms with Crippen LogP contribution >= 0.6 is 11.6 Å². The van der Waals surface area contributed by atoms with E-state index in [0.717, 1.165) is 18.4 Å². The van der Waals surface area contributed by atoms with Gasteiger partial charge >= 0.3 is 0 Å². The van der Waals surface area contributed by atoms with Gasteiger partial charge in [-0.2, -0.15) is 0 Å². The van der Waals surface area contributed by atoms with Crippen LogP contribution in [0.3, 0.4) is 0 Å². The Morgan fingerprint density at radius 3 is 2.50 bits per heavy atom. The van der Waals surface area contributed by atoms with Crippen LogP contribution < -0.4 is 10.0 Å². The molecule has 0 unspecified atom stereocenters. The summed E-state index contributed by atoms with van der Waals surface area (Å²) in [6.07, 6.45) is 1.96. The van der Waals surface area contributed by atoms with Crippen LogP contribution in [0.2, 0.25) is 5.02 Å². The second kappa shape index (κ2) is 6.93. The first kappa shape index (κ1) is 17.0. The van der Waals surface area contributed by atoms with Crippen molar-refractivity contribution in [3.05, 3.63) is 64.7 Å². The van der Waals surface area contributed by atoms with Crippen LogP contribution in [0.25, 0.3) is 0 Å². The van der Waals surface area contributed by atoms with Crippen LogP contribution in [0.4, 0.5) is 0 Å². The van der Waals surface area contributed by atoms with E-state index in [4.69, 9.17) is 11.6 Å². The number of hydrogen-bond donors (Lipinski definition) is 2. The van der Waals surface area contributed by atoms with Crippen molar-refractivity contribution in [2.45, 2.75) is 30.3 Å². The van der Waals surface area contributed by atoms with Crippen LogP contribution in [0, 0.1) is 0 Å². The number of halogens is 1. The highest BCUT2D eigenvalue weighted by atomic mass is 35.5. The molecule has 5 nitrogen and oxygen atoms in total. The predicted octanol–water partition coefficient (Wildman–Crippen LogP) is 2.71. The van der Waals surface area contributed by atoms with Crippen molar-refractivity contribution in [1.29, 1.82) is 0 Å². The Bertz CT molecular complexity index is 846. The van der Waals surface area contributed by atoms with Gasteiger partial charge in [0.25, 0.3) is 5.91 Å². The van der Waals surface area contributed by atoms with Gasteiger partial charge in [0.2, 0.25) is 10.0 Å². The first-order chi connectivity index (χ1) is 11.4. The van der Waals surface area contributed by atoms with Crippen molar-refractivity contribution in [3.8, 4) is 0 Å². The second-order valence-electron chi connectivity index (χ2n) is 5.73. The normalized spacial score (nSPS) is 14.4. The van der Waals surface area contributed by atoms with Gasteiger partial charge in [-0.3, -0.25) is 4.79 Å². The van der Waals surface area contributed by atoms with Gasteiger partial charge in [0.1, 0.15) is 0 Å². The molecular formula is C17H17ClN2O3S. The van der Waals surface area contributed by atoms with Crippen molar-refractivity contribution in [2.75, 3.05) is 0 Å².